The molecule has 0 saturated carbocycles. The minimum Gasteiger partial charge on any atom is -0.318 e. The van der Waals surface area contributed by atoms with E-state index in [9.17, 15) is 10.1 Å². The highest BCUT2D eigenvalue weighted by Gasteiger charge is 2.12. The molecule has 0 atom stereocenters. The third kappa shape index (κ3) is 1.63. The van der Waals surface area contributed by atoms with Crippen LogP contribution in [-0.4, -0.2) is 4.92 Å². The van der Waals surface area contributed by atoms with Gasteiger partial charge in [0.2, 0.25) is 0 Å². The van der Waals surface area contributed by atoms with Crippen molar-refractivity contribution < 1.29 is 4.92 Å². The molecule has 12 heavy (non-hydrogen) atoms. The van der Waals surface area contributed by atoms with Crippen molar-refractivity contribution in [3.63, 3.8) is 0 Å². The van der Waals surface area contributed by atoms with Gasteiger partial charge in [-0.15, -0.1) is 0 Å². The molecule has 0 fully saturated rings. The van der Waals surface area contributed by atoms with Crippen LogP contribution in [0, 0.1) is 10.1 Å². The molecule has 0 aliphatic heterocycles. The van der Waals surface area contributed by atoms with Crippen molar-refractivity contribution in [3.05, 3.63) is 33.3 Å². The van der Waals surface area contributed by atoms with Gasteiger partial charge in [-0.25, -0.2) is 0 Å². The largest absolute Gasteiger partial charge is 0.318 e. The van der Waals surface area contributed by atoms with Gasteiger partial charge >= 0.3 is 0 Å². The molecule has 1 aromatic carbocycles. The van der Waals surface area contributed by atoms with Crippen LogP contribution in [0.1, 0.15) is 0 Å². The van der Waals surface area contributed by atoms with Crippen LogP contribution in [0.2, 0.25) is 5.02 Å². The lowest BCUT2D eigenvalue weighted by Gasteiger charge is -2.00. The Morgan fingerprint density at radius 2 is 2.25 bits per heavy atom. The Kier molecular flexibility index (Phi) is 2.47. The summed E-state index contributed by atoms with van der Waals surface area (Å²) in [5.74, 6) is 5.04. The van der Waals surface area contributed by atoms with Gasteiger partial charge in [-0.3, -0.25) is 16.0 Å². The molecule has 6 heteroatoms. The zero-order valence-corrected chi connectivity index (χ0v) is 6.71. The standard InChI is InChI=1S/C6H6ClN3O2/c7-4-1-2-5(9-8)6(3-4)10(11)12/h1-3,9H,8H2. The molecule has 0 radical (unpaired) electrons. The van der Waals surface area contributed by atoms with E-state index < -0.39 is 4.92 Å². The lowest BCUT2D eigenvalue weighted by molar-refractivity contribution is -0.383. The number of anilines is 1. The maximum Gasteiger partial charge on any atom is 0.295 e. The predicted octanol–water partition coefficient (Wildman–Crippen LogP) is 1.53. The number of hydrogen-bond acceptors (Lipinski definition) is 4. The predicted molar refractivity (Wildman–Crippen MR) is 45.9 cm³/mol. The van der Waals surface area contributed by atoms with Gasteiger partial charge in [-0.1, -0.05) is 11.6 Å². The Morgan fingerprint density at radius 1 is 1.58 bits per heavy atom. The Hall–Kier alpha value is -1.33. The fraction of sp³-hybridized carbons (Fsp3) is 0. The number of nitro groups is 1. The second-order valence-electron chi connectivity index (χ2n) is 2.06. The minimum atomic E-state index is -0.554. The van der Waals surface area contributed by atoms with Crippen LogP contribution in [-0.2, 0) is 0 Å². The summed E-state index contributed by atoms with van der Waals surface area (Å²) in [5, 5.41) is 10.7. The summed E-state index contributed by atoms with van der Waals surface area (Å²) >= 11 is 5.54. The summed E-state index contributed by atoms with van der Waals surface area (Å²) in [6, 6.07) is 4.20. The van der Waals surface area contributed by atoms with Crippen LogP contribution in [0.4, 0.5) is 11.4 Å². The summed E-state index contributed by atoms with van der Waals surface area (Å²) in [6.45, 7) is 0. The molecule has 3 N–H and O–H groups in total. The Morgan fingerprint density at radius 3 is 2.75 bits per heavy atom. The van der Waals surface area contributed by atoms with E-state index in [1.807, 2.05) is 0 Å². The SMILES string of the molecule is NNc1ccc(Cl)cc1[N+](=O)[O-]. The number of nitro benzene ring substituents is 1. The molecule has 64 valence electrons. The molecule has 0 spiro atoms. The van der Waals surface area contributed by atoms with Crippen LogP contribution in [0.3, 0.4) is 0 Å². The molecule has 0 amide bonds. The topological polar surface area (TPSA) is 81.2 Å². The van der Waals surface area contributed by atoms with E-state index >= 15 is 0 Å². The van der Waals surface area contributed by atoms with Gasteiger partial charge in [0.1, 0.15) is 5.69 Å². The smallest absolute Gasteiger partial charge is 0.295 e. The van der Waals surface area contributed by atoms with Crippen LogP contribution < -0.4 is 11.3 Å². The summed E-state index contributed by atoms with van der Waals surface area (Å²) in [4.78, 5) is 9.83. The second kappa shape index (κ2) is 3.38. The second-order valence-corrected chi connectivity index (χ2v) is 2.50. The van der Waals surface area contributed by atoms with Gasteiger partial charge < -0.3 is 5.43 Å². The lowest BCUT2D eigenvalue weighted by atomic mass is 10.3. The van der Waals surface area contributed by atoms with Crippen LogP contribution >= 0.6 is 11.6 Å². The fourth-order valence-electron chi connectivity index (χ4n) is 0.778. The summed E-state index contributed by atoms with van der Waals surface area (Å²) in [5.41, 5.74) is 2.31. The van der Waals surface area contributed by atoms with E-state index in [4.69, 9.17) is 17.4 Å². The molecule has 0 saturated heterocycles. The Bertz CT molecular complexity index is 316. The first-order chi connectivity index (χ1) is 5.65. The summed E-state index contributed by atoms with van der Waals surface area (Å²) < 4.78 is 0. The van der Waals surface area contributed by atoms with Crippen molar-refractivity contribution >= 4 is 23.0 Å². The third-order valence-corrected chi connectivity index (χ3v) is 1.55. The van der Waals surface area contributed by atoms with Gasteiger partial charge in [0.15, 0.2) is 0 Å². The normalized spacial score (nSPS) is 9.50. The van der Waals surface area contributed by atoms with Crippen molar-refractivity contribution in [2.75, 3.05) is 5.43 Å². The number of rotatable bonds is 2. The lowest BCUT2D eigenvalue weighted by Crippen LogP contribution is -2.08. The van der Waals surface area contributed by atoms with E-state index in [-0.39, 0.29) is 11.4 Å². The van der Waals surface area contributed by atoms with E-state index in [0.29, 0.717) is 5.02 Å². The number of nitrogens with two attached hydrogens (primary N) is 1. The quantitative estimate of drug-likeness (QED) is 0.418. The Labute approximate surface area is 73.2 Å². The molecule has 0 aromatic heterocycles. The van der Waals surface area contributed by atoms with Crippen LogP contribution in [0.25, 0.3) is 0 Å². The first-order valence-corrected chi connectivity index (χ1v) is 3.43. The molecule has 0 aliphatic rings. The maximum absolute atomic E-state index is 10.4. The molecule has 5 nitrogen and oxygen atoms in total. The molecule has 0 aliphatic carbocycles. The Balaban J connectivity index is 3.21. The number of nitrogen functional groups attached to an aromatic ring is 1. The van der Waals surface area contributed by atoms with Crippen LogP contribution in [0.15, 0.2) is 18.2 Å². The number of hydrogen-bond donors (Lipinski definition) is 2. The van der Waals surface area contributed by atoms with Crippen molar-refractivity contribution in [2.45, 2.75) is 0 Å². The van der Waals surface area contributed by atoms with Crippen molar-refractivity contribution in [2.24, 2.45) is 5.84 Å². The van der Waals surface area contributed by atoms with Gasteiger partial charge in [-0.2, -0.15) is 0 Å². The van der Waals surface area contributed by atoms with Crippen LogP contribution in [0.5, 0.6) is 0 Å². The molecular weight excluding hydrogens is 182 g/mol. The zero-order chi connectivity index (χ0) is 9.14. The average molecular weight is 188 g/mol. The third-order valence-electron chi connectivity index (χ3n) is 1.31. The maximum atomic E-state index is 10.4. The summed E-state index contributed by atoms with van der Waals surface area (Å²) in [7, 11) is 0. The number of nitrogens with zero attached hydrogens (tertiary/aromatic N) is 1. The van der Waals surface area contributed by atoms with E-state index in [1.54, 1.807) is 0 Å². The van der Waals surface area contributed by atoms with E-state index in [2.05, 4.69) is 5.43 Å². The van der Waals surface area contributed by atoms with Gasteiger partial charge in [0.05, 0.1) is 4.92 Å². The van der Waals surface area contributed by atoms with Crippen molar-refractivity contribution in [3.8, 4) is 0 Å². The van der Waals surface area contributed by atoms with E-state index in [1.165, 1.54) is 18.2 Å². The van der Waals surface area contributed by atoms with Crippen molar-refractivity contribution in [1.29, 1.82) is 0 Å². The minimum absolute atomic E-state index is 0.134. The van der Waals surface area contributed by atoms with Gasteiger partial charge in [0.25, 0.3) is 5.69 Å². The zero-order valence-electron chi connectivity index (χ0n) is 5.95. The highest BCUT2D eigenvalue weighted by atomic mass is 35.5. The highest BCUT2D eigenvalue weighted by molar-refractivity contribution is 6.30. The number of hydrazine groups is 1. The first-order valence-electron chi connectivity index (χ1n) is 3.05. The number of nitrogens with one attached hydrogen (secondary N) is 1. The van der Waals surface area contributed by atoms with E-state index in [0.717, 1.165) is 0 Å². The molecule has 0 unspecified atom stereocenters. The highest BCUT2D eigenvalue weighted by Crippen LogP contribution is 2.26. The molecule has 0 bridgehead atoms. The number of halogens is 1. The molecule has 0 heterocycles. The monoisotopic (exact) mass is 187 g/mol. The molecule has 1 rings (SSSR count). The summed E-state index contributed by atoms with van der Waals surface area (Å²) in [6.07, 6.45) is 0. The average Bonchev–Trinajstić information content (AvgIpc) is 2.04. The first kappa shape index (κ1) is 8.76. The molecule has 1 aromatic rings. The number of benzene rings is 1. The van der Waals surface area contributed by atoms with Gasteiger partial charge in [0, 0.05) is 11.1 Å². The van der Waals surface area contributed by atoms with Crippen molar-refractivity contribution in [1.82, 2.24) is 0 Å². The molecular formula is C6H6ClN3O2. The van der Waals surface area contributed by atoms with Gasteiger partial charge in [-0.05, 0) is 12.1 Å². The fourth-order valence-corrected chi connectivity index (χ4v) is 0.944.